The molecule has 1 N–H and O–H groups in total. The van der Waals surface area contributed by atoms with E-state index in [1.54, 1.807) is 25.3 Å². The fourth-order valence-corrected chi connectivity index (χ4v) is 3.67. The number of carbonyl (C=O) groups excluding carboxylic acids is 1. The van der Waals surface area contributed by atoms with Crippen LogP contribution >= 0.6 is 0 Å². The molecule has 142 valence electrons. The monoisotopic (exact) mass is 369 g/mol. The summed E-state index contributed by atoms with van der Waals surface area (Å²) in [5.41, 5.74) is 1.98. The molecule has 1 aromatic carbocycles. The van der Waals surface area contributed by atoms with E-state index in [1.807, 2.05) is 23.1 Å². The Bertz CT molecular complexity index is 919. The molecule has 1 fully saturated rings. The van der Waals surface area contributed by atoms with Gasteiger partial charge in [-0.05, 0) is 36.8 Å². The van der Waals surface area contributed by atoms with Crippen LogP contribution < -0.4 is 0 Å². The van der Waals surface area contributed by atoms with E-state index in [9.17, 15) is 9.90 Å². The maximum Gasteiger partial charge on any atom is 0.254 e. The van der Waals surface area contributed by atoms with Gasteiger partial charge < -0.3 is 18.8 Å². The van der Waals surface area contributed by atoms with Gasteiger partial charge in [-0.15, -0.1) is 0 Å². The molecule has 27 heavy (non-hydrogen) atoms. The van der Waals surface area contributed by atoms with Gasteiger partial charge in [-0.25, -0.2) is 4.98 Å². The maximum atomic E-state index is 13.0. The van der Waals surface area contributed by atoms with Crippen molar-refractivity contribution in [2.45, 2.75) is 25.9 Å². The van der Waals surface area contributed by atoms with Crippen LogP contribution in [-0.2, 0) is 6.54 Å². The minimum atomic E-state index is -0.0217. The summed E-state index contributed by atoms with van der Waals surface area (Å²) in [6.45, 7) is 4.51. The molecule has 3 heterocycles. The number of benzene rings is 1. The predicted octanol–water partition coefficient (Wildman–Crippen LogP) is 2.44. The van der Waals surface area contributed by atoms with Crippen LogP contribution in [0.2, 0.25) is 0 Å². The summed E-state index contributed by atoms with van der Waals surface area (Å²) in [6.07, 6.45) is 2.28. The number of aliphatic hydroxyl groups is 1. The van der Waals surface area contributed by atoms with E-state index < -0.39 is 0 Å². The topological polar surface area (TPSA) is 83.0 Å². The molecule has 7 heteroatoms. The molecule has 2 aromatic heterocycles. The lowest BCUT2D eigenvalue weighted by Crippen LogP contribution is -2.54. The first-order valence-electron chi connectivity index (χ1n) is 9.18. The third kappa shape index (κ3) is 3.74. The first kappa shape index (κ1) is 17.8. The Hall–Kier alpha value is -2.64. The molecule has 3 aromatic rings. The Morgan fingerprint density at radius 3 is 3.00 bits per heavy atom. The summed E-state index contributed by atoms with van der Waals surface area (Å²) >= 11 is 0. The highest BCUT2D eigenvalue weighted by molar-refractivity contribution is 5.97. The van der Waals surface area contributed by atoms with Crippen molar-refractivity contribution >= 4 is 17.0 Å². The molecule has 1 amide bonds. The van der Waals surface area contributed by atoms with Gasteiger partial charge in [0.1, 0.15) is 11.3 Å². The van der Waals surface area contributed by atoms with E-state index in [0.717, 1.165) is 17.8 Å². The Morgan fingerprint density at radius 1 is 1.33 bits per heavy atom. The second kappa shape index (κ2) is 7.54. The van der Waals surface area contributed by atoms with E-state index in [1.165, 1.54) is 0 Å². The molecule has 1 saturated heterocycles. The van der Waals surface area contributed by atoms with Gasteiger partial charge >= 0.3 is 0 Å². The fraction of sp³-hybridized carbons (Fsp3) is 0.400. The van der Waals surface area contributed by atoms with Gasteiger partial charge in [-0.1, -0.05) is 0 Å². The number of hydrogen-bond donors (Lipinski definition) is 1. The lowest BCUT2D eigenvalue weighted by Gasteiger charge is -2.41. The number of aryl methyl sites for hydroxylation is 1. The summed E-state index contributed by atoms with van der Waals surface area (Å²) in [4.78, 5) is 21.4. The van der Waals surface area contributed by atoms with E-state index in [0.29, 0.717) is 43.1 Å². The van der Waals surface area contributed by atoms with Gasteiger partial charge in [0.15, 0.2) is 11.5 Å². The van der Waals surface area contributed by atoms with Gasteiger partial charge in [0.2, 0.25) is 0 Å². The highest BCUT2D eigenvalue weighted by atomic mass is 16.3. The summed E-state index contributed by atoms with van der Waals surface area (Å²) in [6, 6.07) is 9.28. The Kier molecular flexibility index (Phi) is 4.96. The second-order valence-electron chi connectivity index (χ2n) is 6.88. The average Bonchev–Trinajstić information content (AvgIpc) is 3.30. The van der Waals surface area contributed by atoms with Crippen molar-refractivity contribution in [1.29, 1.82) is 0 Å². The molecular formula is C20H23N3O4. The van der Waals surface area contributed by atoms with Gasteiger partial charge in [-0.2, -0.15) is 0 Å². The zero-order valence-corrected chi connectivity index (χ0v) is 15.3. The number of aliphatic hydroxyl groups excluding tert-OH is 1. The van der Waals surface area contributed by atoms with E-state index >= 15 is 0 Å². The number of amides is 1. The summed E-state index contributed by atoms with van der Waals surface area (Å²) in [5, 5.41) is 9.45. The van der Waals surface area contributed by atoms with Crippen molar-refractivity contribution in [3.63, 3.8) is 0 Å². The predicted molar refractivity (Wildman–Crippen MR) is 99.3 cm³/mol. The van der Waals surface area contributed by atoms with E-state index in [-0.39, 0.29) is 18.6 Å². The Balaban J connectivity index is 1.49. The highest BCUT2D eigenvalue weighted by Crippen LogP contribution is 2.21. The number of carbonyl (C=O) groups is 1. The number of rotatable bonds is 5. The fourth-order valence-electron chi connectivity index (χ4n) is 3.67. The SMILES string of the molecule is Cc1nc2ccc(C(=O)N3CCN(Cc4ccco4)[C@@H](CCO)C3)cc2o1. The third-order valence-corrected chi connectivity index (χ3v) is 5.04. The van der Waals surface area contributed by atoms with Crippen LogP contribution in [0.25, 0.3) is 11.1 Å². The Morgan fingerprint density at radius 2 is 2.22 bits per heavy atom. The lowest BCUT2D eigenvalue weighted by molar-refractivity contribution is 0.0373. The third-order valence-electron chi connectivity index (χ3n) is 5.04. The molecule has 0 spiro atoms. The van der Waals surface area contributed by atoms with Crippen molar-refractivity contribution in [2.24, 2.45) is 0 Å². The zero-order valence-electron chi connectivity index (χ0n) is 15.3. The van der Waals surface area contributed by atoms with Crippen LogP contribution in [0, 0.1) is 6.92 Å². The van der Waals surface area contributed by atoms with Crippen molar-refractivity contribution in [3.8, 4) is 0 Å². The highest BCUT2D eigenvalue weighted by Gasteiger charge is 2.30. The molecule has 1 aliphatic heterocycles. The number of aromatic nitrogens is 1. The van der Waals surface area contributed by atoms with Crippen LogP contribution in [0.5, 0.6) is 0 Å². The molecule has 0 radical (unpaired) electrons. The minimum Gasteiger partial charge on any atom is -0.468 e. The van der Waals surface area contributed by atoms with Crippen LogP contribution in [-0.4, -0.2) is 58.1 Å². The molecule has 1 aliphatic rings. The summed E-state index contributed by atoms with van der Waals surface area (Å²) < 4.78 is 11.0. The number of oxazole rings is 1. The molecule has 0 unspecified atom stereocenters. The minimum absolute atomic E-state index is 0.0217. The average molecular weight is 369 g/mol. The Labute approximate surface area is 157 Å². The lowest BCUT2D eigenvalue weighted by atomic mass is 10.1. The van der Waals surface area contributed by atoms with Crippen molar-refractivity contribution in [3.05, 3.63) is 53.8 Å². The maximum absolute atomic E-state index is 13.0. The van der Waals surface area contributed by atoms with Crippen LogP contribution in [0.4, 0.5) is 0 Å². The normalized spacial score (nSPS) is 18.3. The number of nitrogens with zero attached hydrogens (tertiary/aromatic N) is 3. The molecular weight excluding hydrogens is 346 g/mol. The number of furan rings is 1. The zero-order chi connectivity index (χ0) is 18.8. The van der Waals surface area contributed by atoms with Crippen molar-refractivity contribution < 1.29 is 18.7 Å². The molecule has 4 rings (SSSR count). The molecule has 0 aliphatic carbocycles. The van der Waals surface area contributed by atoms with Crippen LogP contribution in [0.1, 0.15) is 28.4 Å². The number of piperazine rings is 1. The molecule has 1 atom stereocenters. The first-order valence-corrected chi connectivity index (χ1v) is 9.18. The number of hydrogen-bond acceptors (Lipinski definition) is 6. The van der Waals surface area contributed by atoms with Gasteiger partial charge in [0.25, 0.3) is 5.91 Å². The number of fused-ring (bicyclic) bond motifs is 1. The van der Waals surface area contributed by atoms with Crippen LogP contribution in [0.3, 0.4) is 0 Å². The van der Waals surface area contributed by atoms with Gasteiger partial charge in [0.05, 0.1) is 12.8 Å². The largest absolute Gasteiger partial charge is 0.468 e. The summed E-state index contributed by atoms with van der Waals surface area (Å²) in [7, 11) is 0. The molecule has 7 nitrogen and oxygen atoms in total. The van der Waals surface area contributed by atoms with E-state index in [2.05, 4.69) is 9.88 Å². The standard InChI is InChI=1S/C20H23N3O4/c1-14-21-18-5-4-15(11-19(18)27-14)20(25)23-8-7-22(16(12-23)6-9-24)13-17-3-2-10-26-17/h2-5,10-11,16,24H,6-9,12-13H2,1H3/t16-/m0/s1. The van der Waals surface area contributed by atoms with Crippen molar-refractivity contribution in [1.82, 2.24) is 14.8 Å². The van der Waals surface area contributed by atoms with Gasteiger partial charge in [0, 0.05) is 44.8 Å². The van der Waals surface area contributed by atoms with E-state index in [4.69, 9.17) is 8.83 Å². The van der Waals surface area contributed by atoms with Gasteiger partial charge in [-0.3, -0.25) is 9.69 Å². The smallest absolute Gasteiger partial charge is 0.254 e. The summed E-state index contributed by atoms with van der Waals surface area (Å²) in [5.74, 6) is 1.46. The van der Waals surface area contributed by atoms with Crippen LogP contribution in [0.15, 0.2) is 45.4 Å². The molecule has 0 saturated carbocycles. The first-order chi connectivity index (χ1) is 13.1. The molecule has 0 bridgehead atoms. The quantitative estimate of drug-likeness (QED) is 0.744. The van der Waals surface area contributed by atoms with Crippen molar-refractivity contribution in [2.75, 3.05) is 26.2 Å². The second-order valence-corrected chi connectivity index (χ2v) is 6.88.